The van der Waals surface area contributed by atoms with Crippen LogP contribution in [0, 0.1) is 5.92 Å². The molecule has 2 heteroatoms. The van der Waals surface area contributed by atoms with Gasteiger partial charge < -0.3 is 9.88 Å². The fourth-order valence-corrected chi connectivity index (χ4v) is 2.65. The Bertz CT molecular complexity index is 330. The summed E-state index contributed by atoms with van der Waals surface area (Å²) in [6.45, 7) is 11.4. The van der Waals surface area contributed by atoms with Crippen molar-refractivity contribution in [2.75, 3.05) is 6.54 Å². The standard InChI is InChI=1S/C17H32N2/c1-5-8-10-16(7-3)14-19-13-9-11-17(19)15(4)18-12-6-2/h9,11,13,15-16,18H,5-8,10,12,14H2,1-4H3. The summed E-state index contributed by atoms with van der Waals surface area (Å²) >= 11 is 0. The molecule has 1 rings (SSSR count). The zero-order valence-electron chi connectivity index (χ0n) is 13.3. The Balaban J connectivity index is 2.60. The van der Waals surface area contributed by atoms with Crippen molar-refractivity contribution < 1.29 is 0 Å². The minimum atomic E-state index is 0.457. The van der Waals surface area contributed by atoms with Crippen LogP contribution >= 0.6 is 0 Å². The average Bonchev–Trinajstić information content (AvgIpc) is 2.88. The third-order valence-electron chi connectivity index (χ3n) is 4.01. The smallest absolute Gasteiger partial charge is 0.0446 e. The van der Waals surface area contributed by atoms with Crippen LogP contribution in [0.1, 0.15) is 71.5 Å². The van der Waals surface area contributed by atoms with Crippen LogP contribution in [0.15, 0.2) is 18.3 Å². The van der Waals surface area contributed by atoms with Crippen LogP contribution in [-0.2, 0) is 6.54 Å². The first-order chi connectivity index (χ1) is 9.22. The van der Waals surface area contributed by atoms with Gasteiger partial charge in [0.1, 0.15) is 0 Å². The third-order valence-corrected chi connectivity index (χ3v) is 4.01. The van der Waals surface area contributed by atoms with E-state index in [0.717, 1.165) is 12.5 Å². The minimum Gasteiger partial charge on any atom is -0.350 e. The number of unbranched alkanes of at least 4 members (excludes halogenated alkanes) is 1. The first kappa shape index (κ1) is 16.3. The fraction of sp³-hybridized carbons (Fsp3) is 0.765. The molecule has 1 N–H and O–H groups in total. The molecule has 1 aromatic rings. The van der Waals surface area contributed by atoms with E-state index < -0.39 is 0 Å². The largest absolute Gasteiger partial charge is 0.350 e. The topological polar surface area (TPSA) is 17.0 Å². The molecule has 19 heavy (non-hydrogen) atoms. The zero-order chi connectivity index (χ0) is 14.1. The van der Waals surface area contributed by atoms with Crippen molar-refractivity contribution >= 4 is 0 Å². The van der Waals surface area contributed by atoms with E-state index in [0.29, 0.717) is 6.04 Å². The molecule has 0 aliphatic heterocycles. The Kier molecular flexibility index (Phi) is 7.88. The number of hydrogen-bond acceptors (Lipinski definition) is 1. The summed E-state index contributed by atoms with van der Waals surface area (Å²) in [5, 5.41) is 3.59. The molecule has 1 heterocycles. The fourth-order valence-electron chi connectivity index (χ4n) is 2.65. The average molecular weight is 264 g/mol. The van der Waals surface area contributed by atoms with Gasteiger partial charge in [0.25, 0.3) is 0 Å². The van der Waals surface area contributed by atoms with Crippen LogP contribution in [0.2, 0.25) is 0 Å². The Morgan fingerprint density at radius 3 is 2.63 bits per heavy atom. The van der Waals surface area contributed by atoms with Crippen LogP contribution in [-0.4, -0.2) is 11.1 Å². The summed E-state index contributed by atoms with van der Waals surface area (Å²) in [5.74, 6) is 0.824. The van der Waals surface area contributed by atoms with E-state index in [4.69, 9.17) is 0 Å². The molecular weight excluding hydrogens is 232 g/mol. The third kappa shape index (κ3) is 5.40. The molecule has 110 valence electrons. The van der Waals surface area contributed by atoms with Crippen molar-refractivity contribution in [2.45, 2.75) is 72.4 Å². The van der Waals surface area contributed by atoms with E-state index in [2.05, 4.69) is 55.9 Å². The van der Waals surface area contributed by atoms with E-state index >= 15 is 0 Å². The molecule has 1 aromatic heterocycles. The number of hydrogen-bond donors (Lipinski definition) is 1. The molecular formula is C17H32N2. The van der Waals surface area contributed by atoms with Crippen LogP contribution in [0.4, 0.5) is 0 Å². The van der Waals surface area contributed by atoms with Gasteiger partial charge in [-0.15, -0.1) is 0 Å². The lowest BCUT2D eigenvalue weighted by atomic mass is 9.99. The maximum Gasteiger partial charge on any atom is 0.0446 e. The molecule has 0 saturated carbocycles. The lowest BCUT2D eigenvalue weighted by molar-refractivity contribution is 0.378. The summed E-state index contributed by atoms with van der Waals surface area (Å²) < 4.78 is 2.46. The summed E-state index contributed by atoms with van der Waals surface area (Å²) in [5.41, 5.74) is 1.43. The van der Waals surface area contributed by atoms with Crippen molar-refractivity contribution in [3.63, 3.8) is 0 Å². The second-order valence-corrected chi connectivity index (χ2v) is 5.68. The summed E-state index contributed by atoms with van der Waals surface area (Å²) in [4.78, 5) is 0. The van der Waals surface area contributed by atoms with E-state index in [9.17, 15) is 0 Å². The Morgan fingerprint density at radius 2 is 2.00 bits per heavy atom. The predicted octanol–water partition coefficient (Wildman–Crippen LogP) is 4.77. The lowest BCUT2D eigenvalue weighted by Crippen LogP contribution is -2.23. The molecule has 2 atom stereocenters. The highest BCUT2D eigenvalue weighted by Crippen LogP contribution is 2.19. The molecule has 2 unspecified atom stereocenters. The molecule has 0 aromatic carbocycles. The van der Waals surface area contributed by atoms with Gasteiger partial charge in [-0.2, -0.15) is 0 Å². The quantitative estimate of drug-likeness (QED) is 0.644. The van der Waals surface area contributed by atoms with Crippen molar-refractivity contribution in [3.8, 4) is 0 Å². The molecule has 0 aliphatic carbocycles. The highest BCUT2D eigenvalue weighted by Gasteiger charge is 2.12. The monoisotopic (exact) mass is 264 g/mol. The molecule has 0 fully saturated rings. The van der Waals surface area contributed by atoms with Gasteiger partial charge in [0, 0.05) is 24.5 Å². The van der Waals surface area contributed by atoms with Gasteiger partial charge in [-0.3, -0.25) is 0 Å². The van der Waals surface area contributed by atoms with Crippen molar-refractivity contribution in [3.05, 3.63) is 24.0 Å². The first-order valence-electron chi connectivity index (χ1n) is 8.11. The highest BCUT2D eigenvalue weighted by atomic mass is 15.0. The number of aromatic nitrogens is 1. The van der Waals surface area contributed by atoms with Crippen molar-refractivity contribution in [2.24, 2.45) is 5.92 Å². The summed E-state index contributed by atoms with van der Waals surface area (Å²) in [7, 11) is 0. The second-order valence-electron chi connectivity index (χ2n) is 5.68. The molecule has 0 bridgehead atoms. The molecule has 2 nitrogen and oxygen atoms in total. The van der Waals surface area contributed by atoms with E-state index in [1.807, 2.05) is 0 Å². The Morgan fingerprint density at radius 1 is 1.21 bits per heavy atom. The van der Waals surface area contributed by atoms with Crippen molar-refractivity contribution in [1.82, 2.24) is 9.88 Å². The van der Waals surface area contributed by atoms with Gasteiger partial charge >= 0.3 is 0 Å². The molecule has 0 aliphatic rings. The molecule has 0 saturated heterocycles. The number of nitrogens with one attached hydrogen (secondary N) is 1. The van der Waals surface area contributed by atoms with E-state index in [1.54, 1.807) is 0 Å². The van der Waals surface area contributed by atoms with Crippen LogP contribution in [0.3, 0.4) is 0 Å². The van der Waals surface area contributed by atoms with Crippen LogP contribution < -0.4 is 5.32 Å². The van der Waals surface area contributed by atoms with Crippen molar-refractivity contribution in [1.29, 1.82) is 0 Å². The van der Waals surface area contributed by atoms with E-state index in [1.165, 1.54) is 44.3 Å². The minimum absolute atomic E-state index is 0.457. The van der Waals surface area contributed by atoms with Gasteiger partial charge in [-0.25, -0.2) is 0 Å². The Hall–Kier alpha value is -0.760. The SMILES string of the molecule is CCCCC(CC)Cn1cccc1C(C)NCCC. The van der Waals surface area contributed by atoms with Gasteiger partial charge in [-0.05, 0) is 44.4 Å². The summed E-state index contributed by atoms with van der Waals surface area (Å²) in [6.07, 6.45) is 8.76. The van der Waals surface area contributed by atoms with Gasteiger partial charge in [0.05, 0.1) is 0 Å². The van der Waals surface area contributed by atoms with Crippen LogP contribution in [0.25, 0.3) is 0 Å². The van der Waals surface area contributed by atoms with Crippen LogP contribution in [0.5, 0.6) is 0 Å². The predicted molar refractivity (Wildman–Crippen MR) is 84.4 cm³/mol. The number of rotatable bonds is 10. The number of nitrogens with zero attached hydrogens (tertiary/aromatic N) is 1. The highest BCUT2D eigenvalue weighted by molar-refractivity contribution is 5.11. The maximum absolute atomic E-state index is 3.59. The van der Waals surface area contributed by atoms with E-state index in [-0.39, 0.29) is 0 Å². The maximum atomic E-state index is 3.59. The first-order valence-corrected chi connectivity index (χ1v) is 8.11. The van der Waals surface area contributed by atoms with Gasteiger partial charge in [0.2, 0.25) is 0 Å². The Labute approximate surface area is 119 Å². The second kappa shape index (κ2) is 9.19. The van der Waals surface area contributed by atoms with Gasteiger partial charge in [-0.1, -0.05) is 40.0 Å². The van der Waals surface area contributed by atoms with Gasteiger partial charge in [0.15, 0.2) is 0 Å². The molecule has 0 spiro atoms. The summed E-state index contributed by atoms with van der Waals surface area (Å²) in [6, 6.07) is 4.91. The molecule has 0 amide bonds. The molecule has 0 radical (unpaired) electrons. The normalized spacial score (nSPS) is 14.5. The lowest BCUT2D eigenvalue weighted by Gasteiger charge is -2.21. The zero-order valence-corrected chi connectivity index (χ0v) is 13.3.